The first kappa shape index (κ1) is 14.6. The Bertz CT molecular complexity index is 373. The maximum atomic E-state index is 12.0. The maximum Gasteiger partial charge on any atom is 0.261 e. The molecule has 0 fully saturated rings. The van der Waals surface area contributed by atoms with Gasteiger partial charge >= 0.3 is 0 Å². The van der Waals surface area contributed by atoms with Crippen molar-refractivity contribution in [2.45, 2.75) is 52.7 Å². The minimum Gasteiger partial charge on any atom is -0.481 e. The average molecular weight is 249 g/mol. The number of carbonyl (C=O) groups is 1. The van der Waals surface area contributed by atoms with E-state index in [1.165, 1.54) is 5.56 Å². The molecule has 3 nitrogen and oxygen atoms in total. The van der Waals surface area contributed by atoms with Gasteiger partial charge in [-0.2, -0.15) is 0 Å². The van der Waals surface area contributed by atoms with E-state index in [1.54, 1.807) is 0 Å². The molecule has 0 saturated carbocycles. The summed E-state index contributed by atoms with van der Waals surface area (Å²) in [6.45, 7) is 8.02. The summed E-state index contributed by atoms with van der Waals surface area (Å²) in [7, 11) is 0. The molecule has 0 radical (unpaired) electrons. The molecule has 1 N–H and O–H groups in total. The van der Waals surface area contributed by atoms with E-state index in [1.807, 2.05) is 52.0 Å². The van der Waals surface area contributed by atoms with Crippen molar-refractivity contribution in [1.29, 1.82) is 0 Å². The van der Waals surface area contributed by atoms with Crippen LogP contribution < -0.4 is 10.1 Å². The Kier molecular flexibility index (Phi) is 5.69. The van der Waals surface area contributed by atoms with Crippen LogP contribution in [-0.2, 0) is 4.79 Å². The zero-order chi connectivity index (χ0) is 13.5. The zero-order valence-electron chi connectivity index (χ0n) is 11.7. The fourth-order valence-electron chi connectivity index (χ4n) is 1.54. The first-order valence-electron chi connectivity index (χ1n) is 6.60. The van der Waals surface area contributed by atoms with Gasteiger partial charge in [-0.05, 0) is 38.8 Å². The standard InChI is InChI=1S/C15H23NO2/c1-5-12(4)16-15(17)14(6-2)18-13-9-7-11(3)8-10-13/h7-10,12,14H,5-6H2,1-4H3,(H,16,17)/t12-,14+/m0/s1. The van der Waals surface area contributed by atoms with E-state index in [4.69, 9.17) is 4.74 Å². The molecule has 0 bridgehead atoms. The van der Waals surface area contributed by atoms with Gasteiger partial charge < -0.3 is 10.1 Å². The molecule has 0 aliphatic heterocycles. The lowest BCUT2D eigenvalue weighted by molar-refractivity contribution is -0.128. The molecular formula is C15H23NO2. The molecule has 0 saturated heterocycles. The molecule has 0 aliphatic rings. The Morgan fingerprint density at radius 2 is 1.83 bits per heavy atom. The Labute approximate surface area is 110 Å². The molecule has 0 unspecified atom stereocenters. The van der Waals surface area contributed by atoms with E-state index in [-0.39, 0.29) is 11.9 Å². The second-order valence-electron chi connectivity index (χ2n) is 4.65. The largest absolute Gasteiger partial charge is 0.481 e. The minimum absolute atomic E-state index is 0.0348. The lowest BCUT2D eigenvalue weighted by Crippen LogP contribution is -2.42. The van der Waals surface area contributed by atoms with E-state index in [0.29, 0.717) is 6.42 Å². The fourth-order valence-corrected chi connectivity index (χ4v) is 1.54. The van der Waals surface area contributed by atoms with E-state index >= 15 is 0 Å². The van der Waals surface area contributed by atoms with Crippen molar-refractivity contribution in [3.8, 4) is 5.75 Å². The molecule has 1 aromatic carbocycles. The number of benzene rings is 1. The van der Waals surface area contributed by atoms with Crippen LogP contribution in [-0.4, -0.2) is 18.1 Å². The van der Waals surface area contributed by atoms with Gasteiger partial charge in [-0.25, -0.2) is 0 Å². The molecule has 100 valence electrons. The summed E-state index contributed by atoms with van der Waals surface area (Å²) < 4.78 is 5.71. The van der Waals surface area contributed by atoms with Gasteiger partial charge in [0.2, 0.25) is 0 Å². The van der Waals surface area contributed by atoms with E-state index in [2.05, 4.69) is 5.32 Å². The molecule has 2 atom stereocenters. The molecule has 1 amide bonds. The normalized spacial score (nSPS) is 13.8. The van der Waals surface area contributed by atoms with Gasteiger partial charge in [-0.15, -0.1) is 0 Å². The van der Waals surface area contributed by atoms with E-state index in [0.717, 1.165) is 12.2 Å². The third-order valence-electron chi connectivity index (χ3n) is 2.96. The molecule has 3 heteroatoms. The quantitative estimate of drug-likeness (QED) is 0.841. The van der Waals surface area contributed by atoms with E-state index < -0.39 is 6.10 Å². The van der Waals surface area contributed by atoms with Gasteiger partial charge in [-0.1, -0.05) is 31.5 Å². The van der Waals surface area contributed by atoms with Gasteiger partial charge in [0.15, 0.2) is 6.10 Å². The minimum atomic E-state index is -0.415. The number of amides is 1. The van der Waals surface area contributed by atoms with Crippen molar-refractivity contribution in [1.82, 2.24) is 5.32 Å². The van der Waals surface area contributed by atoms with Crippen LogP contribution in [0.3, 0.4) is 0 Å². The molecule has 1 aromatic rings. The Morgan fingerprint density at radius 1 is 1.22 bits per heavy atom. The van der Waals surface area contributed by atoms with Gasteiger partial charge in [0.25, 0.3) is 5.91 Å². The number of carbonyl (C=O) groups excluding carboxylic acids is 1. The van der Waals surface area contributed by atoms with Gasteiger partial charge in [-0.3, -0.25) is 4.79 Å². The molecule has 0 aromatic heterocycles. The van der Waals surface area contributed by atoms with Crippen molar-refractivity contribution >= 4 is 5.91 Å². The lowest BCUT2D eigenvalue weighted by atomic mass is 10.2. The first-order valence-corrected chi connectivity index (χ1v) is 6.60. The number of rotatable bonds is 6. The summed E-state index contributed by atoms with van der Waals surface area (Å²) in [6, 6.07) is 7.94. The van der Waals surface area contributed by atoms with Crippen molar-refractivity contribution in [3.63, 3.8) is 0 Å². The first-order chi connectivity index (χ1) is 8.56. The van der Waals surface area contributed by atoms with Crippen LogP contribution in [0.15, 0.2) is 24.3 Å². The highest BCUT2D eigenvalue weighted by Crippen LogP contribution is 2.14. The molecule has 1 rings (SSSR count). The summed E-state index contributed by atoms with van der Waals surface area (Å²) in [4.78, 5) is 12.0. The second-order valence-corrected chi connectivity index (χ2v) is 4.65. The second kappa shape index (κ2) is 7.04. The van der Waals surface area contributed by atoms with Crippen molar-refractivity contribution in [2.24, 2.45) is 0 Å². The predicted octanol–water partition coefficient (Wildman–Crippen LogP) is 3.07. The molecule has 18 heavy (non-hydrogen) atoms. The van der Waals surface area contributed by atoms with Crippen LogP contribution in [0, 0.1) is 6.92 Å². The van der Waals surface area contributed by atoms with Gasteiger partial charge in [0.05, 0.1) is 0 Å². The number of nitrogens with one attached hydrogen (secondary N) is 1. The highest BCUT2D eigenvalue weighted by molar-refractivity contribution is 5.81. The SMILES string of the molecule is CC[C@H](C)NC(=O)[C@@H](CC)Oc1ccc(C)cc1. The summed E-state index contributed by atoms with van der Waals surface area (Å²) in [6.07, 6.45) is 1.17. The Morgan fingerprint density at radius 3 is 2.33 bits per heavy atom. The van der Waals surface area contributed by atoms with Crippen LogP contribution in [0.1, 0.15) is 39.2 Å². The van der Waals surface area contributed by atoms with Crippen LogP contribution in [0.25, 0.3) is 0 Å². The fraction of sp³-hybridized carbons (Fsp3) is 0.533. The zero-order valence-corrected chi connectivity index (χ0v) is 11.7. The van der Waals surface area contributed by atoms with Crippen LogP contribution in [0.2, 0.25) is 0 Å². The van der Waals surface area contributed by atoms with Crippen molar-refractivity contribution < 1.29 is 9.53 Å². The van der Waals surface area contributed by atoms with Crippen LogP contribution >= 0.6 is 0 Å². The van der Waals surface area contributed by atoms with E-state index in [9.17, 15) is 4.79 Å². The summed E-state index contributed by atoms with van der Waals surface area (Å²) in [5, 5.41) is 2.95. The third-order valence-corrected chi connectivity index (χ3v) is 2.96. The number of aryl methyl sites for hydroxylation is 1. The maximum absolute atomic E-state index is 12.0. The van der Waals surface area contributed by atoms with Gasteiger partial charge in [0, 0.05) is 6.04 Å². The predicted molar refractivity (Wildman–Crippen MR) is 73.8 cm³/mol. The average Bonchev–Trinajstić information content (AvgIpc) is 2.37. The van der Waals surface area contributed by atoms with Crippen molar-refractivity contribution in [2.75, 3.05) is 0 Å². The van der Waals surface area contributed by atoms with Crippen molar-refractivity contribution in [3.05, 3.63) is 29.8 Å². The molecule has 0 heterocycles. The molecule has 0 spiro atoms. The number of hydrogen-bond acceptors (Lipinski definition) is 2. The molecular weight excluding hydrogens is 226 g/mol. The smallest absolute Gasteiger partial charge is 0.261 e. The number of ether oxygens (including phenoxy) is 1. The lowest BCUT2D eigenvalue weighted by Gasteiger charge is -2.19. The Hall–Kier alpha value is -1.51. The summed E-state index contributed by atoms with van der Waals surface area (Å²) in [5.74, 6) is 0.708. The molecule has 0 aliphatic carbocycles. The van der Waals surface area contributed by atoms with Crippen LogP contribution in [0.5, 0.6) is 5.75 Å². The topological polar surface area (TPSA) is 38.3 Å². The highest BCUT2D eigenvalue weighted by Gasteiger charge is 2.19. The van der Waals surface area contributed by atoms with Gasteiger partial charge in [0.1, 0.15) is 5.75 Å². The monoisotopic (exact) mass is 249 g/mol. The number of hydrogen-bond donors (Lipinski definition) is 1. The highest BCUT2D eigenvalue weighted by atomic mass is 16.5. The summed E-state index contributed by atoms with van der Waals surface area (Å²) >= 11 is 0. The summed E-state index contributed by atoms with van der Waals surface area (Å²) in [5.41, 5.74) is 1.18. The Balaban J connectivity index is 2.61. The van der Waals surface area contributed by atoms with Crippen LogP contribution in [0.4, 0.5) is 0 Å². The third kappa shape index (κ3) is 4.40.